The summed E-state index contributed by atoms with van der Waals surface area (Å²) < 4.78 is 10.6. The highest BCUT2D eigenvalue weighted by Crippen LogP contribution is 2.29. The first kappa shape index (κ1) is 29.2. The van der Waals surface area contributed by atoms with Crippen molar-refractivity contribution in [3.63, 3.8) is 0 Å². The van der Waals surface area contributed by atoms with Crippen LogP contribution in [-0.2, 0) is 0 Å². The molecule has 1 aliphatic rings. The smallest absolute Gasteiger partial charge is 0.187 e. The Kier molecular flexibility index (Phi) is 14.3. The van der Waals surface area contributed by atoms with Crippen LogP contribution in [0.25, 0.3) is 11.1 Å². The molecule has 4 rings (SSSR count). The zero-order chi connectivity index (χ0) is 25.3. The van der Waals surface area contributed by atoms with Crippen LogP contribution in [0.2, 0.25) is 0 Å². The number of benzene rings is 2. The number of halogens is 1. The molecule has 0 unspecified atom stereocenters. The van der Waals surface area contributed by atoms with Gasteiger partial charge in [0.2, 0.25) is 0 Å². The minimum atomic E-state index is -0.417. The van der Waals surface area contributed by atoms with Crippen molar-refractivity contribution in [2.75, 3.05) is 12.0 Å². The van der Waals surface area contributed by atoms with E-state index in [-0.39, 0.29) is 5.92 Å². The molecule has 0 aliphatic heterocycles. The third-order valence-corrected chi connectivity index (χ3v) is 5.92. The minimum Gasteiger partial charge on any atom is -0.332 e. The monoisotopic (exact) mass is 486 g/mol. The maximum Gasteiger partial charge on any atom is 0.187 e. The van der Waals surface area contributed by atoms with Crippen LogP contribution in [0.1, 0.15) is 54.8 Å². The number of nitrogens with zero attached hydrogens (tertiary/aromatic N) is 1. The predicted molar refractivity (Wildman–Crippen MR) is 141 cm³/mol. The number of carbonyl (C=O) groups excluding carboxylic acids is 1. The molecule has 34 heavy (non-hydrogen) atoms. The molecule has 1 aliphatic carbocycles. The zero-order valence-electron chi connectivity index (χ0n) is 20.1. The van der Waals surface area contributed by atoms with Crippen molar-refractivity contribution in [1.82, 2.24) is 4.98 Å². The van der Waals surface area contributed by atoms with Crippen molar-refractivity contribution in [2.45, 2.75) is 46.5 Å². The highest BCUT2D eigenvalue weighted by Gasteiger charge is 2.23. The van der Waals surface area contributed by atoms with Crippen molar-refractivity contribution in [3.8, 4) is 11.1 Å². The summed E-state index contributed by atoms with van der Waals surface area (Å²) in [7, 11) is 0. The number of thiazole rings is 1. The fourth-order valence-corrected chi connectivity index (χ4v) is 4.22. The van der Waals surface area contributed by atoms with Gasteiger partial charge in [0.1, 0.15) is 6.67 Å². The van der Waals surface area contributed by atoms with Gasteiger partial charge in [0.25, 0.3) is 0 Å². The van der Waals surface area contributed by atoms with Crippen molar-refractivity contribution in [3.05, 3.63) is 77.8 Å². The van der Waals surface area contributed by atoms with Gasteiger partial charge in [0, 0.05) is 28.2 Å². The number of hydrogen-bond acceptors (Lipinski definition) is 6. The van der Waals surface area contributed by atoms with E-state index in [0.717, 1.165) is 40.4 Å². The molecule has 1 heterocycles. The summed E-state index contributed by atoms with van der Waals surface area (Å²) >= 11 is 1.64. The molecule has 0 radical (unpaired) electrons. The van der Waals surface area contributed by atoms with Gasteiger partial charge in [-0.3, -0.25) is 15.3 Å². The number of allylic oxidation sites excluding steroid dienone is 1. The number of rotatable bonds is 6. The Labute approximate surface area is 206 Å². The van der Waals surface area contributed by atoms with Crippen LogP contribution < -0.4 is 5.32 Å². The molecule has 0 spiro atoms. The van der Waals surface area contributed by atoms with Gasteiger partial charge in [0.05, 0.1) is 0 Å². The third kappa shape index (κ3) is 9.17. The summed E-state index contributed by atoms with van der Waals surface area (Å²) in [4.78, 5) is 18.0. The number of aryl methyl sites for hydroxylation is 1. The van der Waals surface area contributed by atoms with Crippen molar-refractivity contribution >= 4 is 27.9 Å². The quantitative estimate of drug-likeness (QED) is 0.141. The van der Waals surface area contributed by atoms with E-state index >= 15 is 0 Å². The van der Waals surface area contributed by atoms with Crippen molar-refractivity contribution < 1.29 is 19.7 Å². The number of nitrogens with one attached hydrogen (secondary N) is 1. The molecule has 1 fully saturated rings. The van der Waals surface area contributed by atoms with E-state index in [2.05, 4.69) is 53.3 Å². The average molecular weight is 487 g/mol. The second-order valence-electron chi connectivity index (χ2n) is 7.34. The second kappa shape index (κ2) is 16.7. The van der Waals surface area contributed by atoms with Crippen LogP contribution in [0.5, 0.6) is 0 Å². The SMILES string of the molecule is C=CCF.CC.Cc1cnc(Nc2ccc(-c3ccc(C(=O)C4CCCC4)cc3)cc2)s1.OO. The summed E-state index contributed by atoms with van der Waals surface area (Å²) in [6.45, 7) is 8.74. The molecule has 0 atom stereocenters. The van der Waals surface area contributed by atoms with Crippen molar-refractivity contribution in [2.24, 2.45) is 5.92 Å². The molecule has 184 valence electrons. The normalized spacial score (nSPS) is 12.2. The Bertz CT molecular complexity index is 966. The van der Waals surface area contributed by atoms with Gasteiger partial charge in [-0.15, -0.1) is 17.9 Å². The third-order valence-electron chi connectivity index (χ3n) is 5.10. The molecule has 0 amide bonds. The van der Waals surface area contributed by atoms with Gasteiger partial charge in [-0.1, -0.05) is 69.2 Å². The first-order valence-electron chi connectivity index (χ1n) is 11.4. The molecule has 3 N–H and O–H groups in total. The fraction of sp³-hybridized carbons (Fsp3) is 0.333. The highest BCUT2D eigenvalue weighted by molar-refractivity contribution is 7.15. The molecule has 1 aromatic heterocycles. The minimum absolute atomic E-state index is 0.237. The van der Waals surface area contributed by atoms with Gasteiger partial charge < -0.3 is 5.32 Å². The molecule has 0 saturated heterocycles. The Morgan fingerprint density at radius 3 is 2.03 bits per heavy atom. The highest BCUT2D eigenvalue weighted by atomic mass is 32.1. The maximum atomic E-state index is 12.5. The Morgan fingerprint density at radius 2 is 1.59 bits per heavy atom. The first-order valence-corrected chi connectivity index (χ1v) is 12.2. The van der Waals surface area contributed by atoms with Gasteiger partial charge in [-0.2, -0.15) is 0 Å². The number of Topliss-reactive ketones (excluding diaryl/α,β-unsaturated/α-hetero) is 1. The number of alkyl halides is 1. The van der Waals surface area contributed by atoms with E-state index in [4.69, 9.17) is 10.5 Å². The van der Waals surface area contributed by atoms with Crippen LogP contribution >= 0.6 is 11.3 Å². The lowest BCUT2D eigenvalue weighted by Crippen LogP contribution is -2.10. The van der Waals surface area contributed by atoms with Crippen LogP contribution in [-0.4, -0.2) is 28.0 Å². The molecule has 1 saturated carbocycles. The predicted octanol–water partition coefficient (Wildman–Crippen LogP) is 8.42. The van der Waals surface area contributed by atoms with Gasteiger partial charge in [0.15, 0.2) is 10.9 Å². The molecule has 7 heteroatoms. The van der Waals surface area contributed by atoms with Crippen molar-refractivity contribution in [1.29, 1.82) is 0 Å². The number of aromatic nitrogens is 1. The van der Waals surface area contributed by atoms with Gasteiger partial charge in [-0.05, 0) is 43.0 Å². The van der Waals surface area contributed by atoms with E-state index in [9.17, 15) is 9.18 Å². The number of anilines is 2. The molecule has 0 bridgehead atoms. The molecule has 5 nitrogen and oxygen atoms in total. The lowest BCUT2D eigenvalue weighted by molar-refractivity contribution is -0.176. The molecular weight excluding hydrogens is 451 g/mol. The van der Waals surface area contributed by atoms with Crippen LogP contribution in [0.3, 0.4) is 0 Å². The summed E-state index contributed by atoms with van der Waals surface area (Å²) in [5.74, 6) is 0.549. The van der Waals surface area contributed by atoms with Crippen LogP contribution in [0.15, 0.2) is 67.4 Å². The first-order chi connectivity index (χ1) is 16.6. The Balaban J connectivity index is 0.000000644. The standard InChI is InChI=1S/C22H22N2OS.C3H5F.C2H6.H2O2/c1-15-14-23-22(26-15)24-20-12-10-17(11-13-20)16-6-8-19(9-7-16)21(25)18-4-2-3-5-18;1-2-3-4;2*1-2/h6-14,18H,2-5H2,1H3,(H,23,24);2H,1,3H2;1-2H3;1-2H. The molecule has 2 aromatic carbocycles. The van der Waals surface area contributed by atoms with E-state index in [1.54, 1.807) is 11.3 Å². The number of hydrogen-bond donors (Lipinski definition) is 3. The van der Waals surface area contributed by atoms with Crippen LogP contribution in [0.4, 0.5) is 15.2 Å². The largest absolute Gasteiger partial charge is 0.332 e. The topological polar surface area (TPSA) is 82.5 Å². The lowest BCUT2D eigenvalue weighted by atomic mass is 9.94. The Morgan fingerprint density at radius 1 is 1.09 bits per heavy atom. The van der Waals surface area contributed by atoms with E-state index in [0.29, 0.717) is 5.78 Å². The lowest BCUT2D eigenvalue weighted by Gasteiger charge is -2.09. The maximum absolute atomic E-state index is 12.5. The summed E-state index contributed by atoms with van der Waals surface area (Å²) in [5.41, 5.74) is 4.14. The molecular formula is C27H35FN2O3S. The average Bonchev–Trinajstić information content (AvgIpc) is 3.59. The van der Waals surface area contributed by atoms with E-state index in [1.165, 1.54) is 23.8 Å². The van der Waals surface area contributed by atoms with Crippen LogP contribution in [0, 0.1) is 12.8 Å². The van der Waals surface area contributed by atoms with Gasteiger partial charge >= 0.3 is 0 Å². The second-order valence-corrected chi connectivity index (χ2v) is 8.58. The van der Waals surface area contributed by atoms with E-state index < -0.39 is 6.67 Å². The fourth-order valence-electron chi connectivity index (χ4n) is 3.53. The summed E-state index contributed by atoms with van der Waals surface area (Å²) in [6, 6.07) is 16.4. The summed E-state index contributed by atoms with van der Waals surface area (Å²) in [5, 5.41) is 16.2. The Hall–Kier alpha value is -2.87. The van der Waals surface area contributed by atoms with E-state index in [1.807, 2.05) is 39.1 Å². The van der Waals surface area contributed by atoms with Gasteiger partial charge in [-0.25, -0.2) is 9.37 Å². The number of ketones is 1. The zero-order valence-corrected chi connectivity index (χ0v) is 20.9. The number of carbonyl (C=O) groups is 1. The molecule has 3 aromatic rings. The summed E-state index contributed by atoms with van der Waals surface area (Å²) in [6.07, 6.45) is 7.56.